The molecule has 4 nitrogen and oxygen atoms in total. The van der Waals surface area contributed by atoms with Gasteiger partial charge in [-0.05, 0) is 29.8 Å². The summed E-state index contributed by atoms with van der Waals surface area (Å²) in [6.45, 7) is 0.813. The summed E-state index contributed by atoms with van der Waals surface area (Å²) in [6.07, 6.45) is 1.74. The van der Waals surface area contributed by atoms with Gasteiger partial charge in [0.05, 0.1) is 17.2 Å². The predicted molar refractivity (Wildman–Crippen MR) is 99.0 cm³/mol. The number of carbonyl (C=O) groups is 1. The summed E-state index contributed by atoms with van der Waals surface area (Å²) in [5.41, 5.74) is 2.74. The fourth-order valence-corrected chi connectivity index (χ4v) is 3.33. The van der Waals surface area contributed by atoms with Gasteiger partial charge in [-0.25, -0.2) is 0 Å². The molecule has 2 aromatic carbocycles. The normalized spacial score (nSPS) is 19.7. The van der Waals surface area contributed by atoms with Crippen molar-refractivity contribution in [3.05, 3.63) is 70.8 Å². The molecule has 120 valence electrons. The van der Waals surface area contributed by atoms with Gasteiger partial charge in [0.2, 0.25) is 5.91 Å². The lowest BCUT2D eigenvalue weighted by atomic mass is 9.84. The molecule has 5 heteroatoms. The quantitative estimate of drug-likeness (QED) is 0.727. The molecule has 2 N–H and O–H groups in total. The monoisotopic (exact) mass is 381 g/mol. The van der Waals surface area contributed by atoms with E-state index in [2.05, 4.69) is 43.7 Å². The smallest absolute Gasteiger partial charge is 0.242 e. The molecule has 0 spiro atoms. The number of nitrogens with one attached hydrogen (secondary N) is 2. The van der Waals surface area contributed by atoms with E-state index in [1.165, 1.54) is 5.56 Å². The summed E-state index contributed by atoms with van der Waals surface area (Å²) in [6, 6.07) is 17.6. The lowest BCUT2D eigenvalue weighted by Crippen LogP contribution is -2.57. The van der Waals surface area contributed by atoms with E-state index in [1.807, 2.05) is 42.5 Å². The van der Waals surface area contributed by atoms with Crippen LogP contribution in [0.3, 0.4) is 0 Å². The van der Waals surface area contributed by atoms with Gasteiger partial charge in [-0.1, -0.05) is 46.3 Å². The summed E-state index contributed by atoms with van der Waals surface area (Å²) in [4.78, 5) is 17.1. The van der Waals surface area contributed by atoms with E-state index in [0.29, 0.717) is 0 Å². The van der Waals surface area contributed by atoms with Crippen molar-refractivity contribution in [2.24, 2.45) is 0 Å². The molecule has 0 radical (unpaired) electrons. The number of pyridine rings is 1. The number of hydrogen-bond donors (Lipinski definition) is 2. The van der Waals surface area contributed by atoms with Gasteiger partial charge in [-0.2, -0.15) is 0 Å². The molecular weight excluding hydrogens is 366 g/mol. The number of hydrogen-bond acceptors (Lipinski definition) is 3. The number of anilines is 1. The second-order valence-electron chi connectivity index (χ2n) is 5.91. The van der Waals surface area contributed by atoms with Crippen LogP contribution in [0.2, 0.25) is 0 Å². The molecule has 1 saturated heterocycles. The maximum absolute atomic E-state index is 12.7. The number of carbonyl (C=O) groups excluding carboxylic acids is 1. The molecule has 4 rings (SSSR count). The van der Waals surface area contributed by atoms with Crippen LogP contribution in [0, 0.1) is 0 Å². The molecule has 0 saturated carbocycles. The van der Waals surface area contributed by atoms with E-state index in [9.17, 15) is 4.79 Å². The average molecular weight is 382 g/mol. The van der Waals surface area contributed by atoms with E-state index in [-0.39, 0.29) is 17.9 Å². The van der Waals surface area contributed by atoms with Gasteiger partial charge in [0.15, 0.2) is 0 Å². The summed E-state index contributed by atoms with van der Waals surface area (Å²) in [5.74, 6) is 0.174. The van der Waals surface area contributed by atoms with Crippen molar-refractivity contribution in [3.63, 3.8) is 0 Å². The zero-order valence-electron chi connectivity index (χ0n) is 12.9. The van der Waals surface area contributed by atoms with Crippen LogP contribution in [0.4, 0.5) is 5.69 Å². The van der Waals surface area contributed by atoms with Gasteiger partial charge >= 0.3 is 0 Å². The number of benzene rings is 2. The van der Waals surface area contributed by atoms with Crippen LogP contribution in [0.25, 0.3) is 10.9 Å². The molecule has 1 aliphatic rings. The van der Waals surface area contributed by atoms with Gasteiger partial charge in [-0.3, -0.25) is 9.78 Å². The number of fused-ring (bicyclic) bond motifs is 1. The van der Waals surface area contributed by atoms with E-state index >= 15 is 0 Å². The van der Waals surface area contributed by atoms with E-state index < -0.39 is 0 Å². The zero-order valence-corrected chi connectivity index (χ0v) is 14.5. The van der Waals surface area contributed by atoms with Gasteiger partial charge in [0.1, 0.15) is 0 Å². The van der Waals surface area contributed by atoms with E-state index in [1.54, 1.807) is 6.20 Å². The van der Waals surface area contributed by atoms with Crippen molar-refractivity contribution >= 4 is 38.4 Å². The molecule has 0 bridgehead atoms. The topological polar surface area (TPSA) is 54.0 Å². The third-order valence-corrected chi connectivity index (χ3v) is 4.96. The van der Waals surface area contributed by atoms with Crippen molar-refractivity contribution in [1.82, 2.24) is 10.3 Å². The molecule has 1 aromatic heterocycles. The van der Waals surface area contributed by atoms with Crippen LogP contribution >= 0.6 is 15.9 Å². The number of amides is 1. The summed E-state index contributed by atoms with van der Waals surface area (Å²) in [5, 5.41) is 7.27. The lowest BCUT2D eigenvalue weighted by Gasteiger charge is -2.37. The zero-order chi connectivity index (χ0) is 16.5. The maximum atomic E-state index is 12.7. The second-order valence-corrected chi connectivity index (χ2v) is 6.83. The first-order chi connectivity index (χ1) is 11.7. The Morgan fingerprint density at radius 2 is 1.92 bits per heavy atom. The van der Waals surface area contributed by atoms with Gasteiger partial charge < -0.3 is 10.6 Å². The lowest BCUT2D eigenvalue weighted by molar-refractivity contribution is -0.120. The molecule has 2 heterocycles. The molecule has 24 heavy (non-hydrogen) atoms. The number of para-hydroxylation sites is 1. The fraction of sp³-hybridized carbons (Fsp3) is 0.158. The molecular formula is C19H16BrN3O. The predicted octanol–water partition coefficient (Wildman–Crippen LogP) is 3.69. The second kappa shape index (κ2) is 6.34. The Hall–Kier alpha value is -2.24. The Kier molecular flexibility index (Phi) is 4.04. The molecule has 1 amide bonds. The fourth-order valence-electron chi connectivity index (χ4n) is 3.06. The first kappa shape index (κ1) is 15.3. The highest BCUT2D eigenvalue weighted by atomic mass is 79.9. The van der Waals surface area contributed by atoms with Crippen LogP contribution in [0.15, 0.2) is 65.3 Å². The van der Waals surface area contributed by atoms with Crippen molar-refractivity contribution < 1.29 is 4.79 Å². The minimum atomic E-state index is -0.217. The summed E-state index contributed by atoms with van der Waals surface area (Å²) in [7, 11) is 0. The SMILES string of the molecule is O=C(Nc1cccc2cccnc12)[C@@H]1NC[C@@H]1c1ccc(Br)cc1. The standard InChI is InChI=1S/C19H16BrN3O/c20-14-8-6-12(7-9-14)15-11-22-18(15)19(24)23-16-5-1-3-13-4-2-10-21-17(13)16/h1-10,15,18,22H,11H2,(H,23,24)/t15-,18-/m1/s1. The number of rotatable bonds is 3. The molecule has 2 atom stereocenters. The third-order valence-electron chi connectivity index (χ3n) is 4.43. The van der Waals surface area contributed by atoms with Gasteiger partial charge in [-0.15, -0.1) is 0 Å². The van der Waals surface area contributed by atoms with Gasteiger partial charge in [0, 0.05) is 28.5 Å². The maximum Gasteiger partial charge on any atom is 0.242 e. The highest BCUT2D eigenvalue weighted by Crippen LogP contribution is 2.29. The minimum Gasteiger partial charge on any atom is -0.323 e. The van der Waals surface area contributed by atoms with Crippen LogP contribution in [0.1, 0.15) is 11.5 Å². The van der Waals surface area contributed by atoms with Crippen molar-refractivity contribution in [3.8, 4) is 0 Å². The number of nitrogens with zero attached hydrogens (tertiary/aromatic N) is 1. The van der Waals surface area contributed by atoms with E-state index in [4.69, 9.17) is 0 Å². The van der Waals surface area contributed by atoms with Crippen LogP contribution < -0.4 is 10.6 Å². The van der Waals surface area contributed by atoms with Crippen LogP contribution in [-0.4, -0.2) is 23.5 Å². The summed E-state index contributed by atoms with van der Waals surface area (Å²) >= 11 is 3.44. The van der Waals surface area contributed by atoms with Crippen LogP contribution in [0.5, 0.6) is 0 Å². The molecule has 0 aliphatic carbocycles. The van der Waals surface area contributed by atoms with Gasteiger partial charge in [0.25, 0.3) is 0 Å². The Balaban J connectivity index is 1.54. The van der Waals surface area contributed by atoms with Crippen LogP contribution in [-0.2, 0) is 4.79 Å². The molecule has 1 aliphatic heterocycles. The summed E-state index contributed by atoms with van der Waals surface area (Å²) < 4.78 is 1.04. The highest BCUT2D eigenvalue weighted by Gasteiger charge is 2.37. The number of aromatic nitrogens is 1. The Bertz CT molecular complexity index is 889. The van der Waals surface area contributed by atoms with E-state index in [0.717, 1.165) is 27.6 Å². The Morgan fingerprint density at radius 1 is 1.12 bits per heavy atom. The molecule has 3 aromatic rings. The minimum absolute atomic E-state index is 0.0210. The van der Waals surface area contributed by atoms with Crippen molar-refractivity contribution in [2.75, 3.05) is 11.9 Å². The first-order valence-electron chi connectivity index (χ1n) is 7.86. The molecule has 1 fully saturated rings. The first-order valence-corrected chi connectivity index (χ1v) is 8.65. The average Bonchev–Trinajstić information content (AvgIpc) is 2.56. The largest absolute Gasteiger partial charge is 0.323 e. The molecule has 0 unspecified atom stereocenters. The van der Waals surface area contributed by atoms with Crippen molar-refractivity contribution in [2.45, 2.75) is 12.0 Å². The highest BCUT2D eigenvalue weighted by molar-refractivity contribution is 9.10. The van der Waals surface area contributed by atoms with Crippen molar-refractivity contribution in [1.29, 1.82) is 0 Å². The Morgan fingerprint density at radius 3 is 2.67 bits per heavy atom. The Labute approximate surface area is 148 Å². The number of halogens is 1. The third kappa shape index (κ3) is 2.81.